The highest BCUT2D eigenvalue weighted by atomic mass is 19.1. The second kappa shape index (κ2) is 12.3. The minimum atomic E-state index is -0.300. The van der Waals surface area contributed by atoms with Crippen LogP contribution in [0.5, 0.6) is 5.75 Å². The fraction of sp³-hybridized carbons (Fsp3) is 0.294. The van der Waals surface area contributed by atoms with E-state index in [1.807, 2.05) is 51.4 Å². The van der Waals surface area contributed by atoms with Gasteiger partial charge in [0.15, 0.2) is 5.82 Å². The van der Waals surface area contributed by atoms with Crippen LogP contribution in [-0.2, 0) is 0 Å². The van der Waals surface area contributed by atoms with Crippen LogP contribution in [0.3, 0.4) is 0 Å². The standard InChI is InChI=1S/C34H36FN9O/c1-20-4-5-27(21-12-23(35)15-24(13-21)38-10-11-44(2)3)32-31(20)40-34(41-32)33-28-16-29(39-19-30(28)42-43-33)22-14-26(18-37-17-22)45-25-6-8-36-9-7-25/h4-5,12-19,25,36,38H,6-11H2,1-3H3,(H,40,41)(H,42,43). The van der Waals surface area contributed by atoms with Gasteiger partial charge in [-0.3, -0.25) is 15.1 Å². The molecule has 4 aromatic heterocycles. The normalized spacial score (nSPS) is 14.1. The number of aromatic nitrogens is 6. The molecule has 10 nitrogen and oxygen atoms in total. The third-order valence-corrected chi connectivity index (χ3v) is 8.21. The lowest BCUT2D eigenvalue weighted by molar-refractivity contribution is 0.162. The van der Waals surface area contributed by atoms with E-state index in [1.54, 1.807) is 24.7 Å². The molecule has 0 atom stereocenters. The summed E-state index contributed by atoms with van der Waals surface area (Å²) in [6.45, 7) is 5.49. The van der Waals surface area contributed by atoms with Crippen LogP contribution in [0.2, 0.25) is 0 Å². The maximum atomic E-state index is 14.8. The van der Waals surface area contributed by atoms with Crippen molar-refractivity contribution in [2.24, 2.45) is 0 Å². The first-order valence-corrected chi connectivity index (χ1v) is 15.3. The van der Waals surface area contributed by atoms with Crippen molar-refractivity contribution in [1.82, 2.24) is 40.3 Å². The summed E-state index contributed by atoms with van der Waals surface area (Å²) in [5, 5.41) is 15.3. The van der Waals surface area contributed by atoms with Gasteiger partial charge in [0.2, 0.25) is 0 Å². The molecular formula is C34H36FN9O. The average Bonchev–Trinajstić information content (AvgIpc) is 3.66. The smallest absolute Gasteiger partial charge is 0.159 e. The van der Waals surface area contributed by atoms with Crippen molar-refractivity contribution in [1.29, 1.82) is 0 Å². The first kappa shape index (κ1) is 28.9. The largest absolute Gasteiger partial charge is 0.489 e. The van der Waals surface area contributed by atoms with Crippen molar-refractivity contribution in [3.63, 3.8) is 0 Å². The number of ether oxygens (including phenoxy) is 1. The predicted octanol–water partition coefficient (Wildman–Crippen LogP) is 5.78. The highest BCUT2D eigenvalue weighted by Gasteiger charge is 2.19. The van der Waals surface area contributed by atoms with Gasteiger partial charge in [0.25, 0.3) is 0 Å². The van der Waals surface area contributed by atoms with Crippen molar-refractivity contribution in [2.45, 2.75) is 25.9 Å². The second-order valence-corrected chi connectivity index (χ2v) is 11.9. The van der Waals surface area contributed by atoms with Crippen LogP contribution >= 0.6 is 0 Å². The molecule has 0 unspecified atom stereocenters. The maximum Gasteiger partial charge on any atom is 0.159 e. The lowest BCUT2D eigenvalue weighted by Gasteiger charge is -2.23. The number of likely N-dealkylation sites (N-methyl/N-ethyl adjacent to an activating group) is 1. The van der Waals surface area contributed by atoms with Crippen molar-refractivity contribution < 1.29 is 9.13 Å². The van der Waals surface area contributed by atoms with Gasteiger partial charge in [-0.15, -0.1) is 0 Å². The Morgan fingerprint density at radius 2 is 1.89 bits per heavy atom. The van der Waals surface area contributed by atoms with Crippen LogP contribution in [0.4, 0.5) is 10.1 Å². The van der Waals surface area contributed by atoms with Gasteiger partial charge in [0, 0.05) is 41.5 Å². The number of rotatable bonds is 9. The Bertz CT molecular complexity index is 1980. The zero-order valence-electron chi connectivity index (χ0n) is 25.6. The number of fused-ring (bicyclic) bond motifs is 2. The molecule has 6 aromatic rings. The van der Waals surface area contributed by atoms with E-state index >= 15 is 0 Å². The van der Waals surface area contributed by atoms with Gasteiger partial charge in [-0.05, 0) is 88.4 Å². The molecule has 1 saturated heterocycles. The molecule has 0 saturated carbocycles. The number of benzene rings is 2. The molecule has 0 aliphatic carbocycles. The summed E-state index contributed by atoms with van der Waals surface area (Å²) in [7, 11) is 4.02. The lowest BCUT2D eigenvalue weighted by Crippen LogP contribution is -2.34. The van der Waals surface area contributed by atoms with Gasteiger partial charge in [0.1, 0.15) is 23.4 Å². The number of anilines is 1. The molecule has 4 N–H and O–H groups in total. The Balaban J connectivity index is 1.23. The molecule has 2 aromatic carbocycles. The Labute approximate surface area is 260 Å². The zero-order valence-corrected chi connectivity index (χ0v) is 25.6. The number of nitrogens with one attached hydrogen (secondary N) is 4. The van der Waals surface area contributed by atoms with Crippen LogP contribution in [0.15, 0.2) is 61.1 Å². The summed E-state index contributed by atoms with van der Waals surface area (Å²) in [5.41, 5.74) is 8.10. The van der Waals surface area contributed by atoms with Crippen LogP contribution < -0.4 is 15.4 Å². The number of nitrogens with zero attached hydrogens (tertiary/aromatic N) is 5. The lowest BCUT2D eigenvalue weighted by atomic mass is 10.0. The quantitative estimate of drug-likeness (QED) is 0.164. The van der Waals surface area contributed by atoms with E-state index in [1.165, 1.54) is 6.07 Å². The molecule has 45 heavy (non-hydrogen) atoms. The predicted molar refractivity (Wildman–Crippen MR) is 176 cm³/mol. The summed E-state index contributed by atoms with van der Waals surface area (Å²) >= 11 is 0. The second-order valence-electron chi connectivity index (χ2n) is 11.9. The van der Waals surface area contributed by atoms with Gasteiger partial charge in [-0.1, -0.05) is 12.1 Å². The fourth-order valence-corrected chi connectivity index (χ4v) is 5.83. The van der Waals surface area contributed by atoms with Gasteiger partial charge >= 0.3 is 0 Å². The number of hydrogen-bond donors (Lipinski definition) is 4. The number of aromatic amines is 2. The van der Waals surface area contributed by atoms with Gasteiger partial charge < -0.3 is 25.3 Å². The summed E-state index contributed by atoms with van der Waals surface area (Å²) in [5.74, 6) is 1.06. The first-order valence-electron chi connectivity index (χ1n) is 15.3. The molecule has 1 fully saturated rings. The van der Waals surface area contributed by atoms with Crippen LogP contribution in [0.25, 0.3) is 55.8 Å². The SMILES string of the molecule is Cc1ccc(-c2cc(F)cc(NCCN(C)C)c2)c2[nH]c(-c3n[nH]c4cnc(-c5cncc(OC6CCNCC6)c5)cc34)nc12. The van der Waals surface area contributed by atoms with Crippen molar-refractivity contribution in [3.8, 4) is 39.7 Å². The summed E-state index contributed by atoms with van der Waals surface area (Å²) < 4.78 is 21.0. The van der Waals surface area contributed by atoms with E-state index < -0.39 is 0 Å². The van der Waals surface area contributed by atoms with Crippen LogP contribution in [0, 0.1) is 12.7 Å². The Morgan fingerprint density at radius 3 is 2.73 bits per heavy atom. The third kappa shape index (κ3) is 6.09. The third-order valence-electron chi connectivity index (χ3n) is 8.21. The summed E-state index contributed by atoms with van der Waals surface area (Å²) in [6.07, 6.45) is 7.45. The topological polar surface area (TPSA) is 120 Å². The zero-order chi connectivity index (χ0) is 30.9. The minimum Gasteiger partial charge on any atom is -0.489 e. The molecular weight excluding hydrogens is 569 g/mol. The molecule has 0 spiro atoms. The fourth-order valence-electron chi connectivity index (χ4n) is 5.83. The molecule has 11 heteroatoms. The van der Waals surface area contributed by atoms with Crippen molar-refractivity contribution >= 4 is 27.6 Å². The number of piperidine rings is 1. The van der Waals surface area contributed by atoms with Crippen molar-refractivity contribution in [3.05, 3.63) is 72.4 Å². The van der Waals surface area contributed by atoms with E-state index in [9.17, 15) is 4.39 Å². The Kier molecular flexibility index (Phi) is 7.86. The highest BCUT2D eigenvalue weighted by molar-refractivity contribution is 5.99. The molecule has 230 valence electrons. The molecule has 0 radical (unpaired) electrons. The molecule has 5 heterocycles. The maximum absolute atomic E-state index is 14.8. The number of aryl methyl sites for hydroxylation is 1. The monoisotopic (exact) mass is 605 g/mol. The number of pyridine rings is 2. The average molecular weight is 606 g/mol. The Hall–Kier alpha value is -4.87. The van der Waals surface area contributed by atoms with Gasteiger partial charge in [-0.2, -0.15) is 5.10 Å². The molecule has 1 aliphatic heterocycles. The van der Waals surface area contributed by atoms with E-state index in [0.717, 1.165) is 93.8 Å². The van der Waals surface area contributed by atoms with Crippen LogP contribution in [-0.4, -0.2) is 81.4 Å². The number of H-pyrrole nitrogens is 2. The highest BCUT2D eigenvalue weighted by Crippen LogP contribution is 2.35. The summed E-state index contributed by atoms with van der Waals surface area (Å²) in [6, 6.07) is 13.1. The molecule has 7 rings (SSSR count). The molecule has 0 amide bonds. The van der Waals surface area contributed by atoms with E-state index in [4.69, 9.17) is 9.72 Å². The van der Waals surface area contributed by atoms with Gasteiger partial charge in [-0.25, -0.2) is 9.37 Å². The van der Waals surface area contributed by atoms with Crippen LogP contribution in [0.1, 0.15) is 18.4 Å². The molecule has 1 aliphatic rings. The molecule has 0 bridgehead atoms. The van der Waals surface area contributed by atoms with Crippen molar-refractivity contribution in [2.75, 3.05) is 45.6 Å². The number of hydrogen-bond acceptors (Lipinski definition) is 8. The van der Waals surface area contributed by atoms with E-state index in [-0.39, 0.29) is 11.9 Å². The van der Waals surface area contributed by atoms with E-state index in [0.29, 0.717) is 18.1 Å². The first-order chi connectivity index (χ1) is 21.9. The van der Waals surface area contributed by atoms with Gasteiger partial charge in [0.05, 0.1) is 34.6 Å². The van der Waals surface area contributed by atoms with E-state index in [2.05, 4.69) is 40.7 Å². The summed E-state index contributed by atoms with van der Waals surface area (Å²) in [4.78, 5) is 19.7. The minimum absolute atomic E-state index is 0.180. The number of imidazole rings is 1. The Morgan fingerprint density at radius 1 is 1.02 bits per heavy atom. The number of halogens is 1.